The van der Waals surface area contributed by atoms with Crippen molar-refractivity contribution in [1.82, 2.24) is 4.57 Å². The third-order valence-electron chi connectivity index (χ3n) is 5.49. The van der Waals surface area contributed by atoms with Crippen LogP contribution in [0.2, 0.25) is 0 Å². The van der Waals surface area contributed by atoms with Crippen LogP contribution >= 0.6 is 11.3 Å². The zero-order valence-corrected chi connectivity index (χ0v) is 19.7. The van der Waals surface area contributed by atoms with Crippen molar-refractivity contribution in [2.75, 3.05) is 14.2 Å². The summed E-state index contributed by atoms with van der Waals surface area (Å²) in [7, 11) is 2.51. The lowest BCUT2D eigenvalue weighted by Gasteiger charge is -2.24. The Labute approximate surface area is 202 Å². The van der Waals surface area contributed by atoms with Crippen LogP contribution in [0.1, 0.15) is 34.5 Å². The first kappa shape index (κ1) is 23.8. The van der Waals surface area contributed by atoms with E-state index in [1.807, 2.05) is 0 Å². The molecular formula is C24H19N3O7S. The number of para-hydroxylation sites is 1. The Bertz CT molecular complexity index is 1570. The molecular weight excluding hydrogens is 474 g/mol. The largest absolute Gasteiger partial charge is 0.466 e. The Morgan fingerprint density at radius 3 is 2.37 bits per heavy atom. The van der Waals surface area contributed by atoms with Crippen LogP contribution in [-0.4, -0.2) is 35.6 Å². The van der Waals surface area contributed by atoms with E-state index in [9.17, 15) is 24.5 Å². The number of thiazole rings is 1. The number of aromatic nitrogens is 1. The molecule has 1 aliphatic heterocycles. The van der Waals surface area contributed by atoms with Gasteiger partial charge in [-0.1, -0.05) is 35.6 Å². The number of hydrogen-bond acceptors (Lipinski definition) is 9. The van der Waals surface area contributed by atoms with Gasteiger partial charge in [-0.2, -0.15) is 0 Å². The quantitative estimate of drug-likeness (QED) is 0.302. The molecule has 4 rings (SSSR count). The number of rotatable bonds is 5. The third kappa shape index (κ3) is 4.28. The van der Waals surface area contributed by atoms with Crippen LogP contribution in [0, 0.1) is 10.1 Å². The highest BCUT2D eigenvalue weighted by molar-refractivity contribution is 7.07. The first-order valence-corrected chi connectivity index (χ1v) is 11.1. The van der Waals surface area contributed by atoms with Crippen molar-refractivity contribution in [3.8, 4) is 0 Å². The normalized spacial score (nSPS) is 15.3. The molecule has 11 heteroatoms. The fourth-order valence-electron chi connectivity index (χ4n) is 3.84. The molecule has 0 amide bonds. The Hall–Kier alpha value is -4.38. The van der Waals surface area contributed by atoms with Gasteiger partial charge in [0.15, 0.2) is 4.80 Å². The van der Waals surface area contributed by atoms with Crippen molar-refractivity contribution in [2.24, 2.45) is 4.99 Å². The van der Waals surface area contributed by atoms with Gasteiger partial charge in [0.25, 0.3) is 11.2 Å². The number of nitrogens with zero attached hydrogens (tertiary/aromatic N) is 3. The van der Waals surface area contributed by atoms with Crippen molar-refractivity contribution in [3.05, 3.63) is 106 Å². The van der Waals surface area contributed by atoms with Crippen LogP contribution in [0.5, 0.6) is 0 Å². The maximum Gasteiger partial charge on any atom is 0.338 e. The van der Waals surface area contributed by atoms with E-state index in [1.165, 1.54) is 43.1 Å². The van der Waals surface area contributed by atoms with Gasteiger partial charge in [-0.05, 0) is 36.8 Å². The number of fused-ring (bicyclic) bond motifs is 1. The lowest BCUT2D eigenvalue weighted by Crippen LogP contribution is -2.39. The average Bonchev–Trinajstić information content (AvgIpc) is 3.16. The number of methoxy groups -OCH3 is 2. The number of nitro benzene ring substituents is 1. The molecule has 0 aliphatic carbocycles. The highest BCUT2D eigenvalue weighted by Crippen LogP contribution is 2.30. The number of nitro groups is 1. The second-order valence-corrected chi connectivity index (χ2v) is 8.51. The molecule has 35 heavy (non-hydrogen) atoms. The van der Waals surface area contributed by atoms with Gasteiger partial charge in [-0.3, -0.25) is 19.5 Å². The van der Waals surface area contributed by atoms with E-state index >= 15 is 0 Å². The van der Waals surface area contributed by atoms with Gasteiger partial charge in [-0.25, -0.2) is 14.6 Å². The van der Waals surface area contributed by atoms with Gasteiger partial charge in [0, 0.05) is 6.07 Å². The molecule has 2 aromatic carbocycles. The molecule has 0 fully saturated rings. The summed E-state index contributed by atoms with van der Waals surface area (Å²) in [4.78, 5) is 53.8. The molecule has 0 saturated heterocycles. The van der Waals surface area contributed by atoms with Gasteiger partial charge in [0.2, 0.25) is 0 Å². The Morgan fingerprint density at radius 2 is 1.74 bits per heavy atom. The molecule has 1 atom stereocenters. The SMILES string of the molecule is COC(=O)C1=C(C)N=c2s/c(=C/c3ccccc3[N+](=O)[O-])c(=O)n2[C@H]1c1ccc(C(=O)OC)cc1. The van der Waals surface area contributed by atoms with E-state index in [0.29, 0.717) is 21.6 Å². The van der Waals surface area contributed by atoms with E-state index in [4.69, 9.17) is 9.47 Å². The van der Waals surface area contributed by atoms with Gasteiger partial charge in [-0.15, -0.1) is 0 Å². The molecule has 1 aromatic heterocycles. The summed E-state index contributed by atoms with van der Waals surface area (Å²) in [5, 5.41) is 11.4. The molecule has 1 aliphatic rings. The zero-order chi connectivity index (χ0) is 25.3. The fourth-order valence-corrected chi connectivity index (χ4v) is 4.88. The number of esters is 2. The minimum atomic E-state index is -0.877. The average molecular weight is 493 g/mol. The number of carbonyl (C=O) groups is 2. The van der Waals surface area contributed by atoms with E-state index in [0.717, 1.165) is 11.3 Å². The van der Waals surface area contributed by atoms with E-state index < -0.39 is 28.5 Å². The van der Waals surface area contributed by atoms with Crippen LogP contribution in [0.25, 0.3) is 6.08 Å². The van der Waals surface area contributed by atoms with Crippen molar-refractivity contribution < 1.29 is 24.0 Å². The van der Waals surface area contributed by atoms with Crippen molar-refractivity contribution in [3.63, 3.8) is 0 Å². The van der Waals surface area contributed by atoms with Gasteiger partial charge in [0.05, 0.1) is 52.1 Å². The first-order valence-electron chi connectivity index (χ1n) is 10.3. The molecule has 2 heterocycles. The minimum Gasteiger partial charge on any atom is -0.466 e. The second kappa shape index (κ2) is 9.47. The Morgan fingerprint density at radius 1 is 1.09 bits per heavy atom. The van der Waals surface area contributed by atoms with E-state index in [1.54, 1.807) is 37.3 Å². The number of benzene rings is 2. The van der Waals surface area contributed by atoms with Crippen molar-refractivity contribution in [1.29, 1.82) is 0 Å². The van der Waals surface area contributed by atoms with Crippen molar-refractivity contribution >= 4 is 35.0 Å². The molecule has 0 unspecified atom stereocenters. The van der Waals surface area contributed by atoms with Crippen LogP contribution in [-0.2, 0) is 14.3 Å². The molecule has 0 bridgehead atoms. The van der Waals surface area contributed by atoms with E-state index in [-0.39, 0.29) is 21.4 Å². The summed E-state index contributed by atoms with van der Waals surface area (Å²) in [6.07, 6.45) is 1.44. The molecule has 3 aromatic rings. The standard InChI is InChI=1S/C24H19N3O7S/c1-13-19(23(30)34-3)20(14-8-10-15(11-9-14)22(29)33-2)26-21(28)18(35-24(26)25-13)12-16-6-4-5-7-17(16)27(31)32/h4-12,20H,1-3H3/b18-12+/t20-/m0/s1. The zero-order valence-electron chi connectivity index (χ0n) is 18.9. The summed E-state index contributed by atoms with van der Waals surface area (Å²) in [5.74, 6) is -1.17. The predicted octanol–water partition coefficient (Wildman–Crippen LogP) is 2.10. The molecule has 0 radical (unpaired) electrons. The summed E-state index contributed by atoms with van der Waals surface area (Å²) in [6, 6.07) is 11.5. The predicted molar refractivity (Wildman–Crippen MR) is 127 cm³/mol. The lowest BCUT2D eigenvalue weighted by atomic mass is 9.95. The molecule has 0 saturated carbocycles. The number of carbonyl (C=O) groups excluding carboxylic acids is 2. The second-order valence-electron chi connectivity index (χ2n) is 7.50. The molecule has 178 valence electrons. The monoisotopic (exact) mass is 493 g/mol. The summed E-state index contributed by atoms with van der Waals surface area (Å²) in [6.45, 7) is 1.64. The van der Waals surface area contributed by atoms with Crippen LogP contribution in [0.3, 0.4) is 0 Å². The Balaban J connectivity index is 1.95. The number of hydrogen-bond donors (Lipinski definition) is 0. The highest BCUT2D eigenvalue weighted by Gasteiger charge is 2.33. The maximum atomic E-state index is 13.5. The van der Waals surface area contributed by atoms with Gasteiger partial charge >= 0.3 is 11.9 Å². The lowest BCUT2D eigenvalue weighted by molar-refractivity contribution is -0.385. The van der Waals surface area contributed by atoms with Crippen LogP contribution in [0.15, 0.2) is 69.6 Å². The minimum absolute atomic E-state index is 0.139. The van der Waals surface area contributed by atoms with Crippen LogP contribution < -0.4 is 14.9 Å². The Kier molecular flexibility index (Phi) is 6.43. The third-order valence-corrected chi connectivity index (χ3v) is 6.48. The summed E-state index contributed by atoms with van der Waals surface area (Å²) < 4.78 is 11.3. The van der Waals surface area contributed by atoms with Gasteiger partial charge < -0.3 is 9.47 Å². The topological polar surface area (TPSA) is 130 Å². The van der Waals surface area contributed by atoms with Crippen molar-refractivity contribution in [2.45, 2.75) is 13.0 Å². The smallest absolute Gasteiger partial charge is 0.338 e. The molecule has 0 N–H and O–H groups in total. The number of allylic oxidation sites excluding steroid dienone is 1. The summed E-state index contributed by atoms with van der Waals surface area (Å²) in [5.41, 5.74) is 1.06. The fraction of sp³-hybridized carbons (Fsp3) is 0.167. The van der Waals surface area contributed by atoms with E-state index in [2.05, 4.69) is 4.99 Å². The summed E-state index contributed by atoms with van der Waals surface area (Å²) >= 11 is 1.06. The van der Waals surface area contributed by atoms with Crippen LogP contribution in [0.4, 0.5) is 5.69 Å². The maximum absolute atomic E-state index is 13.5. The molecule has 10 nitrogen and oxygen atoms in total. The number of ether oxygens (including phenoxy) is 2. The highest BCUT2D eigenvalue weighted by atomic mass is 32.1. The first-order chi connectivity index (χ1) is 16.8. The van der Waals surface area contributed by atoms with Gasteiger partial charge in [0.1, 0.15) is 0 Å². The molecule has 0 spiro atoms.